The Hall–Kier alpha value is -0.590. The lowest BCUT2D eigenvalue weighted by Gasteiger charge is -1.95. The largest absolute Gasteiger partial charge is 0.303 e. The second-order valence-corrected chi connectivity index (χ2v) is 3.77. The lowest BCUT2D eigenvalue weighted by molar-refractivity contribution is -0.107. The van der Waals surface area contributed by atoms with Gasteiger partial charge in [-0.1, -0.05) is 44.8 Å². The highest BCUT2D eigenvalue weighted by molar-refractivity contribution is 5.48. The molecule has 0 aromatic carbocycles. The molecule has 0 saturated heterocycles. The van der Waals surface area contributed by atoms with Gasteiger partial charge in [0.2, 0.25) is 0 Å². The fraction of sp³-hybridized carbons (Fsp3) is 0.769. The predicted molar refractivity (Wildman–Crippen MR) is 62.4 cm³/mol. The number of carbonyl (C=O) groups excluding carboxylic acids is 1. The smallest absolute Gasteiger partial charge is 0.120 e. The quantitative estimate of drug-likeness (QED) is 0.290. The summed E-state index contributed by atoms with van der Waals surface area (Å²) in [5.41, 5.74) is 0. The van der Waals surface area contributed by atoms with Crippen LogP contribution >= 0.6 is 0 Å². The van der Waals surface area contributed by atoms with Gasteiger partial charge in [-0.2, -0.15) is 0 Å². The average Bonchev–Trinajstić information content (AvgIpc) is 2.21. The molecule has 1 heteroatoms. The zero-order chi connectivity index (χ0) is 10.5. The fourth-order valence-corrected chi connectivity index (χ4v) is 1.42. The third kappa shape index (κ3) is 11.4. The molecule has 0 amide bonds. The van der Waals surface area contributed by atoms with Crippen LogP contribution in [0.1, 0.15) is 64.7 Å². The highest BCUT2D eigenvalue weighted by atomic mass is 16.1. The Morgan fingerprint density at radius 2 is 1.43 bits per heavy atom. The Balaban J connectivity index is 2.99. The van der Waals surface area contributed by atoms with E-state index >= 15 is 0 Å². The topological polar surface area (TPSA) is 17.1 Å². The van der Waals surface area contributed by atoms with Crippen LogP contribution in [0.3, 0.4) is 0 Å². The van der Waals surface area contributed by atoms with Crippen molar-refractivity contribution in [2.45, 2.75) is 64.7 Å². The van der Waals surface area contributed by atoms with Crippen LogP contribution in [0, 0.1) is 0 Å². The molecule has 0 rings (SSSR count). The monoisotopic (exact) mass is 196 g/mol. The standard InChI is InChI=1S/C13H24O/c1-2-3-4-5-6-7-8-9-10-11-12-13-14/h8-9,13H,2-7,10-12H2,1H3/b9-8-. The number of allylic oxidation sites excluding steroid dienone is 2. The van der Waals surface area contributed by atoms with E-state index in [1.54, 1.807) is 0 Å². The van der Waals surface area contributed by atoms with E-state index in [1.807, 2.05) is 0 Å². The number of hydrogen-bond acceptors (Lipinski definition) is 1. The number of aldehydes is 1. The van der Waals surface area contributed by atoms with Crippen molar-refractivity contribution < 1.29 is 4.79 Å². The summed E-state index contributed by atoms with van der Waals surface area (Å²) in [7, 11) is 0. The number of carbonyl (C=O) groups is 1. The van der Waals surface area contributed by atoms with Crippen LogP contribution in [-0.2, 0) is 4.79 Å². The zero-order valence-electron chi connectivity index (χ0n) is 9.50. The number of unbranched alkanes of at least 4 members (excludes halogenated alkanes) is 7. The van der Waals surface area contributed by atoms with Crippen LogP contribution in [0.4, 0.5) is 0 Å². The molecule has 0 aliphatic rings. The van der Waals surface area contributed by atoms with E-state index in [0.717, 1.165) is 19.1 Å². The first-order valence-electron chi connectivity index (χ1n) is 6.00. The molecule has 82 valence electrons. The molecule has 0 bridgehead atoms. The van der Waals surface area contributed by atoms with Gasteiger partial charge in [0.1, 0.15) is 6.29 Å². The molecule has 0 saturated carbocycles. The Kier molecular flexibility index (Phi) is 11.9. The van der Waals surface area contributed by atoms with Crippen molar-refractivity contribution in [3.63, 3.8) is 0 Å². The second-order valence-electron chi connectivity index (χ2n) is 3.77. The molecule has 0 aliphatic carbocycles. The first-order chi connectivity index (χ1) is 6.91. The van der Waals surface area contributed by atoms with Gasteiger partial charge in [0, 0.05) is 6.42 Å². The average molecular weight is 196 g/mol. The summed E-state index contributed by atoms with van der Waals surface area (Å²) in [4.78, 5) is 10.0. The van der Waals surface area contributed by atoms with Crippen molar-refractivity contribution in [1.29, 1.82) is 0 Å². The molecule has 0 aromatic rings. The Labute approximate surface area is 88.6 Å². The normalized spacial score (nSPS) is 10.9. The van der Waals surface area contributed by atoms with Crippen molar-refractivity contribution in [1.82, 2.24) is 0 Å². The third-order valence-corrected chi connectivity index (χ3v) is 2.33. The second kappa shape index (κ2) is 12.4. The van der Waals surface area contributed by atoms with Crippen LogP contribution in [0.5, 0.6) is 0 Å². The summed E-state index contributed by atoms with van der Waals surface area (Å²) in [6, 6.07) is 0. The molecule has 0 aliphatic heterocycles. The molecule has 0 atom stereocenters. The van der Waals surface area contributed by atoms with Gasteiger partial charge in [0.05, 0.1) is 0 Å². The lowest BCUT2D eigenvalue weighted by atomic mass is 10.1. The maximum atomic E-state index is 10.0. The van der Waals surface area contributed by atoms with Crippen molar-refractivity contribution in [3.8, 4) is 0 Å². The molecular weight excluding hydrogens is 172 g/mol. The summed E-state index contributed by atoms with van der Waals surface area (Å²) in [6.45, 7) is 2.24. The highest BCUT2D eigenvalue weighted by Crippen LogP contribution is 2.05. The highest BCUT2D eigenvalue weighted by Gasteiger charge is 1.86. The zero-order valence-corrected chi connectivity index (χ0v) is 9.50. The maximum Gasteiger partial charge on any atom is 0.120 e. The minimum Gasteiger partial charge on any atom is -0.303 e. The van der Waals surface area contributed by atoms with Gasteiger partial charge in [0.15, 0.2) is 0 Å². The van der Waals surface area contributed by atoms with Crippen molar-refractivity contribution in [2.24, 2.45) is 0 Å². The molecule has 0 heterocycles. The minimum atomic E-state index is 0.709. The number of hydrogen-bond donors (Lipinski definition) is 0. The minimum absolute atomic E-state index is 0.709. The van der Waals surface area contributed by atoms with E-state index < -0.39 is 0 Å². The molecule has 0 spiro atoms. The number of rotatable bonds is 10. The summed E-state index contributed by atoms with van der Waals surface area (Å²) in [5, 5.41) is 0. The Morgan fingerprint density at radius 3 is 2.07 bits per heavy atom. The Morgan fingerprint density at radius 1 is 0.786 bits per heavy atom. The van der Waals surface area contributed by atoms with Crippen LogP contribution in [-0.4, -0.2) is 6.29 Å². The molecular formula is C13H24O. The summed E-state index contributed by atoms with van der Waals surface area (Å²) < 4.78 is 0. The van der Waals surface area contributed by atoms with E-state index in [9.17, 15) is 4.79 Å². The van der Waals surface area contributed by atoms with E-state index in [1.165, 1.54) is 38.5 Å². The fourth-order valence-electron chi connectivity index (χ4n) is 1.42. The van der Waals surface area contributed by atoms with E-state index in [0.29, 0.717) is 6.42 Å². The summed E-state index contributed by atoms with van der Waals surface area (Å²) in [5.74, 6) is 0. The van der Waals surface area contributed by atoms with Gasteiger partial charge in [0.25, 0.3) is 0 Å². The van der Waals surface area contributed by atoms with Gasteiger partial charge < -0.3 is 4.79 Å². The first-order valence-corrected chi connectivity index (χ1v) is 6.00. The van der Waals surface area contributed by atoms with Crippen LogP contribution in [0.2, 0.25) is 0 Å². The lowest BCUT2D eigenvalue weighted by Crippen LogP contribution is -1.77. The molecule has 0 aromatic heterocycles. The maximum absolute atomic E-state index is 10.0. The van der Waals surface area contributed by atoms with Crippen LogP contribution in [0.15, 0.2) is 12.2 Å². The van der Waals surface area contributed by atoms with E-state index in [4.69, 9.17) is 0 Å². The predicted octanol–water partition coefficient (Wildman–Crippen LogP) is 4.27. The summed E-state index contributed by atoms with van der Waals surface area (Å²) in [6.07, 6.45) is 16.2. The molecule has 0 fully saturated rings. The van der Waals surface area contributed by atoms with Crippen LogP contribution in [0.25, 0.3) is 0 Å². The molecule has 0 unspecified atom stereocenters. The molecule has 0 N–H and O–H groups in total. The third-order valence-electron chi connectivity index (χ3n) is 2.33. The van der Waals surface area contributed by atoms with Crippen molar-refractivity contribution in [3.05, 3.63) is 12.2 Å². The van der Waals surface area contributed by atoms with E-state index in [-0.39, 0.29) is 0 Å². The Bertz CT molecular complexity index is 138. The van der Waals surface area contributed by atoms with Gasteiger partial charge in [-0.25, -0.2) is 0 Å². The first kappa shape index (κ1) is 13.4. The van der Waals surface area contributed by atoms with Crippen molar-refractivity contribution in [2.75, 3.05) is 0 Å². The van der Waals surface area contributed by atoms with Gasteiger partial charge in [-0.3, -0.25) is 0 Å². The van der Waals surface area contributed by atoms with E-state index in [2.05, 4.69) is 19.1 Å². The van der Waals surface area contributed by atoms with Gasteiger partial charge in [-0.05, 0) is 25.7 Å². The van der Waals surface area contributed by atoms with Gasteiger partial charge in [-0.15, -0.1) is 0 Å². The van der Waals surface area contributed by atoms with Crippen molar-refractivity contribution >= 4 is 6.29 Å². The molecule has 0 radical (unpaired) electrons. The van der Waals surface area contributed by atoms with Crippen LogP contribution < -0.4 is 0 Å². The molecule has 1 nitrogen and oxygen atoms in total. The van der Waals surface area contributed by atoms with Gasteiger partial charge >= 0.3 is 0 Å². The summed E-state index contributed by atoms with van der Waals surface area (Å²) >= 11 is 0. The SMILES string of the molecule is CCCCCCC/C=C\CCCC=O. The molecule has 14 heavy (non-hydrogen) atoms.